The highest BCUT2D eigenvalue weighted by Crippen LogP contribution is 2.73. The fourth-order valence-electron chi connectivity index (χ4n) is 8.58. The van der Waals surface area contributed by atoms with Crippen LogP contribution in [0.15, 0.2) is 35.6 Å². The number of fused-ring (bicyclic) bond motifs is 5. The first-order valence-electron chi connectivity index (χ1n) is 13.2. The van der Waals surface area contributed by atoms with Crippen molar-refractivity contribution >= 4 is 17.3 Å². The molecule has 8 atom stereocenters. The molecule has 37 heavy (non-hydrogen) atoms. The summed E-state index contributed by atoms with van der Waals surface area (Å²) in [6, 6.07) is 0. The lowest BCUT2D eigenvalue weighted by Crippen LogP contribution is -2.64. The van der Waals surface area contributed by atoms with Crippen LogP contribution in [-0.2, 0) is 14.4 Å². The van der Waals surface area contributed by atoms with Gasteiger partial charge in [0.05, 0.1) is 17.1 Å². The molecule has 204 valence electrons. The average Bonchev–Trinajstić information content (AvgIpc) is 2.96. The number of hydrogen-bond donors (Lipinski definition) is 4. The van der Waals surface area contributed by atoms with Gasteiger partial charge in [0.2, 0.25) is 5.78 Å². The number of hydrogen-bond acceptors (Lipinski definition) is 7. The van der Waals surface area contributed by atoms with E-state index in [4.69, 9.17) is 0 Å². The summed E-state index contributed by atoms with van der Waals surface area (Å²) in [6.45, 7) is 13.8. The Labute approximate surface area is 219 Å². The van der Waals surface area contributed by atoms with Crippen LogP contribution in [0.4, 0.5) is 0 Å². The molecule has 4 N–H and O–H groups in total. The molecule has 7 nitrogen and oxygen atoms in total. The second-order valence-electron chi connectivity index (χ2n) is 13.9. The molecule has 4 rings (SSSR count). The van der Waals surface area contributed by atoms with Crippen molar-refractivity contribution in [3.8, 4) is 0 Å². The summed E-state index contributed by atoms with van der Waals surface area (Å²) in [5.74, 6) is -2.98. The van der Waals surface area contributed by atoms with Crippen molar-refractivity contribution in [3.63, 3.8) is 0 Å². The molecule has 0 aromatic heterocycles. The van der Waals surface area contributed by atoms with Crippen LogP contribution in [0.25, 0.3) is 0 Å². The number of carbonyl (C=O) groups excluding carboxylic acids is 3. The molecule has 2 fully saturated rings. The van der Waals surface area contributed by atoms with Gasteiger partial charge < -0.3 is 20.4 Å². The minimum atomic E-state index is -1.96. The van der Waals surface area contributed by atoms with Crippen LogP contribution in [0.5, 0.6) is 0 Å². The molecule has 4 unspecified atom stereocenters. The lowest BCUT2D eigenvalue weighted by Gasteiger charge is -2.63. The topological polar surface area (TPSA) is 132 Å². The first-order chi connectivity index (χ1) is 16.7. The fourth-order valence-corrected chi connectivity index (χ4v) is 8.58. The summed E-state index contributed by atoms with van der Waals surface area (Å²) < 4.78 is 0. The zero-order chi connectivity index (χ0) is 28.1. The Morgan fingerprint density at radius 1 is 1.05 bits per heavy atom. The van der Waals surface area contributed by atoms with E-state index in [1.54, 1.807) is 13.8 Å². The first-order valence-corrected chi connectivity index (χ1v) is 13.2. The monoisotopic (exact) mass is 514 g/mol. The first kappa shape index (κ1) is 27.9. The molecule has 0 amide bonds. The number of carbonyl (C=O) groups is 3. The van der Waals surface area contributed by atoms with Gasteiger partial charge in [0, 0.05) is 23.7 Å². The molecular weight excluding hydrogens is 472 g/mol. The molecule has 0 bridgehead atoms. The van der Waals surface area contributed by atoms with E-state index in [9.17, 15) is 34.8 Å². The number of Topliss-reactive ketones (excluding diaryl/α,β-unsaturated/α-hetero) is 2. The van der Waals surface area contributed by atoms with Gasteiger partial charge in [-0.05, 0) is 76.4 Å². The summed E-state index contributed by atoms with van der Waals surface area (Å²) >= 11 is 0. The van der Waals surface area contributed by atoms with Crippen molar-refractivity contribution < 1.29 is 34.8 Å². The zero-order valence-electron chi connectivity index (χ0n) is 23.3. The number of aliphatic hydroxyl groups excluding tert-OH is 2. The third-order valence-corrected chi connectivity index (χ3v) is 10.8. The molecule has 0 saturated heterocycles. The summed E-state index contributed by atoms with van der Waals surface area (Å²) in [5.41, 5.74) is -5.75. The van der Waals surface area contributed by atoms with Gasteiger partial charge in [-0.25, -0.2) is 0 Å². The lowest BCUT2D eigenvalue weighted by molar-refractivity contribution is -0.179. The van der Waals surface area contributed by atoms with E-state index in [0.717, 1.165) is 11.6 Å². The normalized spacial score (nSPS) is 42.9. The van der Waals surface area contributed by atoms with Crippen LogP contribution in [0.1, 0.15) is 74.7 Å². The molecule has 0 aromatic rings. The maximum Gasteiger partial charge on any atom is 0.206 e. The second-order valence-corrected chi connectivity index (χ2v) is 13.9. The highest BCUT2D eigenvalue weighted by Gasteiger charge is 2.74. The van der Waals surface area contributed by atoms with E-state index < -0.39 is 56.6 Å². The number of ketones is 3. The van der Waals surface area contributed by atoms with Crippen LogP contribution < -0.4 is 0 Å². The number of allylic oxidation sites excluding steroid dienone is 4. The van der Waals surface area contributed by atoms with Crippen molar-refractivity contribution in [2.75, 3.05) is 0 Å². The molecule has 7 heteroatoms. The third-order valence-electron chi connectivity index (χ3n) is 10.8. The molecule has 0 aliphatic heterocycles. The molecule has 4 aliphatic rings. The standard InChI is InChI=1S/C30H42O7/c1-25(2,36)12-11-21(33)30(8,37)23-19(32)14-27(5)20-10-9-16-17(13-18(31)24(35)26(16,3)4)29(20,7)22(34)15-28(23,27)6/h9,11-13,17,19-20,23,31-32,36-37H,10,14-15H2,1-8H3/t17?,19?,20-,23?,27-,28+,29+,30?/m0/s1. The summed E-state index contributed by atoms with van der Waals surface area (Å²) in [6.07, 6.45) is 5.85. The van der Waals surface area contributed by atoms with E-state index in [1.807, 2.05) is 26.8 Å². The Kier molecular flexibility index (Phi) is 6.01. The van der Waals surface area contributed by atoms with Gasteiger partial charge in [-0.15, -0.1) is 0 Å². The van der Waals surface area contributed by atoms with E-state index in [1.165, 1.54) is 32.9 Å². The average molecular weight is 515 g/mol. The van der Waals surface area contributed by atoms with E-state index in [-0.39, 0.29) is 29.7 Å². The predicted octanol–water partition coefficient (Wildman–Crippen LogP) is 3.62. The molecule has 0 aromatic carbocycles. The van der Waals surface area contributed by atoms with Crippen LogP contribution in [0.2, 0.25) is 0 Å². The lowest BCUT2D eigenvalue weighted by atomic mass is 9.39. The van der Waals surface area contributed by atoms with Crippen molar-refractivity contribution in [1.29, 1.82) is 0 Å². The minimum Gasteiger partial charge on any atom is -0.505 e. The zero-order valence-corrected chi connectivity index (χ0v) is 23.3. The molecule has 0 heterocycles. The van der Waals surface area contributed by atoms with Crippen LogP contribution in [-0.4, -0.2) is 55.1 Å². The van der Waals surface area contributed by atoms with E-state index in [0.29, 0.717) is 12.8 Å². The Morgan fingerprint density at radius 2 is 1.65 bits per heavy atom. The summed E-state index contributed by atoms with van der Waals surface area (Å²) in [5, 5.41) is 43.6. The van der Waals surface area contributed by atoms with Gasteiger partial charge in [-0.1, -0.05) is 38.5 Å². The van der Waals surface area contributed by atoms with Crippen LogP contribution >= 0.6 is 0 Å². The Balaban J connectivity index is 1.82. The van der Waals surface area contributed by atoms with Gasteiger partial charge >= 0.3 is 0 Å². The van der Waals surface area contributed by atoms with Crippen LogP contribution in [0.3, 0.4) is 0 Å². The van der Waals surface area contributed by atoms with Gasteiger partial charge in [-0.3, -0.25) is 14.4 Å². The highest BCUT2D eigenvalue weighted by molar-refractivity contribution is 6.02. The molecular formula is C30H42O7. The quantitative estimate of drug-likeness (QED) is 0.333. The van der Waals surface area contributed by atoms with E-state index >= 15 is 0 Å². The van der Waals surface area contributed by atoms with Crippen LogP contribution in [0, 0.1) is 39.4 Å². The highest BCUT2D eigenvalue weighted by atomic mass is 16.3. The largest absolute Gasteiger partial charge is 0.505 e. The summed E-state index contributed by atoms with van der Waals surface area (Å²) in [4.78, 5) is 40.1. The number of aliphatic hydroxyl groups is 4. The molecule has 0 radical (unpaired) electrons. The molecule has 0 spiro atoms. The maximum absolute atomic E-state index is 14.2. The van der Waals surface area contributed by atoms with Crippen molar-refractivity contribution in [3.05, 3.63) is 35.6 Å². The minimum absolute atomic E-state index is 0.0453. The fraction of sp³-hybridized carbons (Fsp3) is 0.700. The maximum atomic E-state index is 14.2. The Morgan fingerprint density at radius 3 is 2.22 bits per heavy atom. The Bertz CT molecular complexity index is 1150. The predicted molar refractivity (Wildman–Crippen MR) is 138 cm³/mol. The summed E-state index contributed by atoms with van der Waals surface area (Å²) in [7, 11) is 0. The van der Waals surface area contributed by atoms with Crippen molar-refractivity contribution in [1.82, 2.24) is 0 Å². The third kappa shape index (κ3) is 3.60. The molecule has 4 aliphatic carbocycles. The number of rotatable bonds is 4. The van der Waals surface area contributed by atoms with E-state index in [2.05, 4.69) is 0 Å². The van der Waals surface area contributed by atoms with Gasteiger partial charge in [0.15, 0.2) is 11.5 Å². The SMILES string of the molecule is CC(C)(O)C=CC(=O)C(C)(O)C1C(O)C[C@@]2(C)[C@@H]3CC=C4C(C=C(O)C(=O)C4(C)C)[C@@]3(C)C(=O)C[C@]12C. The Hall–Kier alpha value is -2.09. The second kappa shape index (κ2) is 7.96. The van der Waals surface area contributed by atoms with Gasteiger partial charge in [0.1, 0.15) is 11.4 Å². The van der Waals surface area contributed by atoms with Gasteiger partial charge in [0.25, 0.3) is 0 Å². The van der Waals surface area contributed by atoms with Crippen molar-refractivity contribution in [2.24, 2.45) is 39.4 Å². The smallest absolute Gasteiger partial charge is 0.206 e. The van der Waals surface area contributed by atoms with Crippen molar-refractivity contribution in [2.45, 2.75) is 92.0 Å². The van der Waals surface area contributed by atoms with Gasteiger partial charge in [-0.2, -0.15) is 0 Å². The molecule has 2 saturated carbocycles.